The SMILES string of the molecule is OSc1ccccc1C(F)(F)F. The number of halogens is 3. The van der Waals surface area contributed by atoms with Gasteiger partial charge in [0, 0.05) is 16.9 Å². The Morgan fingerprint density at radius 3 is 2.17 bits per heavy atom. The van der Waals surface area contributed by atoms with Crippen molar-refractivity contribution >= 4 is 12.0 Å². The predicted molar refractivity (Wildman–Crippen MR) is 39.9 cm³/mol. The second-order valence-electron chi connectivity index (χ2n) is 2.09. The highest BCUT2D eigenvalue weighted by molar-refractivity contribution is 7.93. The van der Waals surface area contributed by atoms with Gasteiger partial charge in [-0.15, -0.1) is 0 Å². The van der Waals surface area contributed by atoms with E-state index in [1.807, 2.05) is 0 Å². The summed E-state index contributed by atoms with van der Waals surface area (Å²) < 4.78 is 44.8. The van der Waals surface area contributed by atoms with Crippen molar-refractivity contribution < 1.29 is 17.7 Å². The van der Waals surface area contributed by atoms with Gasteiger partial charge in [0.05, 0.1) is 5.56 Å². The summed E-state index contributed by atoms with van der Waals surface area (Å²) >= 11 is 0.102. The average molecular weight is 194 g/mol. The van der Waals surface area contributed by atoms with E-state index in [-0.39, 0.29) is 16.9 Å². The molecule has 0 saturated carbocycles. The Kier molecular flexibility index (Phi) is 2.64. The van der Waals surface area contributed by atoms with Crippen molar-refractivity contribution in [1.29, 1.82) is 0 Å². The largest absolute Gasteiger partial charge is 0.417 e. The van der Waals surface area contributed by atoms with E-state index >= 15 is 0 Å². The molecular formula is C7H5F3OS. The molecule has 1 rings (SSSR count). The minimum atomic E-state index is -4.40. The molecule has 1 nitrogen and oxygen atoms in total. The Balaban J connectivity index is 3.14. The maximum atomic E-state index is 12.1. The number of hydrogen-bond donors (Lipinski definition) is 1. The summed E-state index contributed by atoms with van der Waals surface area (Å²) in [6, 6.07) is 4.86. The Morgan fingerprint density at radius 1 is 1.17 bits per heavy atom. The van der Waals surface area contributed by atoms with E-state index in [0.29, 0.717) is 0 Å². The molecule has 0 saturated heterocycles. The van der Waals surface area contributed by atoms with E-state index in [1.54, 1.807) is 0 Å². The molecule has 0 atom stereocenters. The molecule has 12 heavy (non-hydrogen) atoms. The smallest absolute Gasteiger partial charge is 0.325 e. The lowest BCUT2D eigenvalue weighted by Gasteiger charge is -2.08. The third-order valence-corrected chi connectivity index (χ3v) is 1.84. The summed E-state index contributed by atoms with van der Waals surface area (Å²) in [7, 11) is 0. The monoisotopic (exact) mass is 194 g/mol. The normalized spacial score (nSPS) is 11.7. The third kappa shape index (κ3) is 1.92. The molecule has 0 aliphatic heterocycles. The second-order valence-corrected chi connectivity index (χ2v) is 2.71. The van der Waals surface area contributed by atoms with Crippen LogP contribution in [0.5, 0.6) is 0 Å². The van der Waals surface area contributed by atoms with Crippen LogP contribution in [0.1, 0.15) is 5.56 Å². The molecular weight excluding hydrogens is 189 g/mol. The molecule has 1 aromatic rings. The molecule has 0 aliphatic rings. The van der Waals surface area contributed by atoms with Crippen LogP contribution >= 0.6 is 12.0 Å². The van der Waals surface area contributed by atoms with E-state index in [0.717, 1.165) is 6.07 Å². The van der Waals surface area contributed by atoms with Crippen molar-refractivity contribution in [3.05, 3.63) is 29.8 Å². The van der Waals surface area contributed by atoms with Gasteiger partial charge >= 0.3 is 6.18 Å². The van der Waals surface area contributed by atoms with Crippen molar-refractivity contribution in [3.8, 4) is 0 Å². The first-order chi connectivity index (χ1) is 5.55. The first-order valence-electron chi connectivity index (χ1n) is 3.03. The summed E-state index contributed by atoms with van der Waals surface area (Å²) in [6.45, 7) is 0. The number of alkyl halides is 3. The molecule has 0 aliphatic carbocycles. The van der Waals surface area contributed by atoms with Gasteiger partial charge in [-0.05, 0) is 12.1 Å². The van der Waals surface area contributed by atoms with Gasteiger partial charge in [0.2, 0.25) is 0 Å². The van der Waals surface area contributed by atoms with Crippen molar-refractivity contribution in [2.75, 3.05) is 0 Å². The molecule has 0 fully saturated rings. The fourth-order valence-corrected chi connectivity index (χ4v) is 1.20. The van der Waals surface area contributed by atoms with Crippen molar-refractivity contribution in [2.45, 2.75) is 11.1 Å². The Bertz CT molecular complexity index is 272. The predicted octanol–water partition coefficient (Wildman–Crippen LogP) is 3.27. The molecule has 0 aromatic heterocycles. The Labute approximate surface area is 71.4 Å². The summed E-state index contributed by atoms with van der Waals surface area (Å²) in [4.78, 5) is -0.176. The Hall–Kier alpha value is -0.680. The lowest BCUT2D eigenvalue weighted by molar-refractivity contribution is -0.139. The number of hydrogen-bond acceptors (Lipinski definition) is 2. The standard InChI is InChI=1S/C7H5F3OS/c8-7(9,10)5-3-1-2-4-6(5)12-11/h1-4,11H. The molecule has 0 radical (unpaired) electrons. The maximum absolute atomic E-state index is 12.1. The Morgan fingerprint density at radius 2 is 1.75 bits per heavy atom. The van der Waals surface area contributed by atoms with Crippen LogP contribution in [0.2, 0.25) is 0 Å². The van der Waals surface area contributed by atoms with Crippen LogP contribution in [0.3, 0.4) is 0 Å². The van der Waals surface area contributed by atoms with Crippen LogP contribution in [0.15, 0.2) is 29.2 Å². The van der Waals surface area contributed by atoms with Crippen LogP contribution in [0.25, 0.3) is 0 Å². The van der Waals surface area contributed by atoms with Gasteiger partial charge < -0.3 is 4.55 Å². The van der Waals surface area contributed by atoms with Gasteiger partial charge in [-0.3, -0.25) is 0 Å². The van der Waals surface area contributed by atoms with Crippen LogP contribution in [0.4, 0.5) is 13.2 Å². The highest BCUT2D eigenvalue weighted by atomic mass is 32.2. The van der Waals surface area contributed by atoms with E-state index in [4.69, 9.17) is 4.55 Å². The minimum absolute atomic E-state index is 0.102. The summed E-state index contributed by atoms with van der Waals surface area (Å²) in [5.41, 5.74) is -0.808. The van der Waals surface area contributed by atoms with Crippen LogP contribution < -0.4 is 0 Å². The quantitative estimate of drug-likeness (QED) is 0.692. The zero-order valence-corrected chi connectivity index (χ0v) is 6.62. The molecule has 1 aromatic carbocycles. The van der Waals surface area contributed by atoms with Gasteiger partial charge in [0.1, 0.15) is 0 Å². The van der Waals surface area contributed by atoms with Gasteiger partial charge in [-0.25, -0.2) is 0 Å². The first-order valence-corrected chi connectivity index (χ1v) is 3.80. The summed E-state index contributed by atoms with van der Waals surface area (Å²) in [6.07, 6.45) is -4.40. The zero-order valence-electron chi connectivity index (χ0n) is 5.80. The molecule has 1 N–H and O–H groups in total. The van der Waals surface area contributed by atoms with Gasteiger partial charge in [0.15, 0.2) is 0 Å². The van der Waals surface area contributed by atoms with Gasteiger partial charge in [-0.2, -0.15) is 13.2 Å². The molecule has 0 heterocycles. The second kappa shape index (κ2) is 3.37. The number of benzene rings is 1. The molecule has 66 valence electrons. The summed E-state index contributed by atoms with van der Waals surface area (Å²) in [5.74, 6) is 0. The van der Waals surface area contributed by atoms with E-state index in [1.165, 1.54) is 18.2 Å². The van der Waals surface area contributed by atoms with Crippen molar-refractivity contribution in [3.63, 3.8) is 0 Å². The fourth-order valence-electron chi connectivity index (χ4n) is 0.780. The maximum Gasteiger partial charge on any atom is 0.417 e. The average Bonchev–Trinajstić information content (AvgIpc) is 2.03. The van der Waals surface area contributed by atoms with Crippen LogP contribution in [-0.2, 0) is 6.18 Å². The molecule has 0 unspecified atom stereocenters. The first kappa shape index (κ1) is 9.41. The minimum Gasteiger partial charge on any atom is -0.325 e. The third-order valence-electron chi connectivity index (χ3n) is 1.29. The summed E-state index contributed by atoms with van der Waals surface area (Å²) in [5, 5.41) is 0. The topological polar surface area (TPSA) is 20.2 Å². The van der Waals surface area contributed by atoms with E-state index in [2.05, 4.69) is 0 Å². The van der Waals surface area contributed by atoms with Crippen LogP contribution in [0, 0.1) is 0 Å². The highest BCUT2D eigenvalue weighted by Crippen LogP contribution is 2.35. The lowest BCUT2D eigenvalue weighted by atomic mass is 10.2. The van der Waals surface area contributed by atoms with Gasteiger partial charge in [0.25, 0.3) is 0 Å². The zero-order chi connectivity index (χ0) is 9.19. The van der Waals surface area contributed by atoms with Crippen LogP contribution in [-0.4, -0.2) is 4.55 Å². The van der Waals surface area contributed by atoms with Crippen molar-refractivity contribution in [2.24, 2.45) is 0 Å². The lowest BCUT2D eigenvalue weighted by Crippen LogP contribution is -2.06. The molecule has 0 amide bonds. The van der Waals surface area contributed by atoms with E-state index < -0.39 is 11.7 Å². The molecule has 5 heteroatoms. The number of rotatable bonds is 1. The van der Waals surface area contributed by atoms with Gasteiger partial charge in [-0.1, -0.05) is 12.1 Å². The van der Waals surface area contributed by atoms with E-state index in [9.17, 15) is 13.2 Å². The highest BCUT2D eigenvalue weighted by Gasteiger charge is 2.33. The fraction of sp³-hybridized carbons (Fsp3) is 0.143. The molecule has 0 spiro atoms. The molecule has 0 bridgehead atoms. The van der Waals surface area contributed by atoms with Crippen molar-refractivity contribution in [1.82, 2.24) is 0 Å².